The van der Waals surface area contributed by atoms with Crippen LogP contribution in [-0.2, 0) is 6.61 Å². The van der Waals surface area contributed by atoms with Crippen molar-refractivity contribution in [3.63, 3.8) is 0 Å². The third kappa shape index (κ3) is 2.29. The highest BCUT2D eigenvalue weighted by Gasteiger charge is 1.81. The highest BCUT2D eigenvalue weighted by atomic mass is 16.3. The molecule has 0 unspecified atom stereocenters. The Balaban J connectivity index is 0.000000640. The molecule has 1 rings (SSSR count). The van der Waals surface area contributed by atoms with Gasteiger partial charge in [0.25, 0.3) is 0 Å². The zero-order valence-electron chi connectivity index (χ0n) is 5.04. The number of rotatable bonds is 1. The van der Waals surface area contributed by atoms with Crippen molar-refractivity contribution < 1.29 is 5.11 Å². The lowest BCUT2D eigenvalue weighted by atomic mass is 10.2. The van der Waals surface area contributed by atoms with Gasteiger partial charge < -0.3 is 5.11 Å². The van der Waals surface area contributed by atoms with Crippen LogP contribution in [0.2, 0.25) is 0 Å². The van der Waals surface area contributed by atoms with Gasteiger partial charge in [-0.3, -0.25) is 0 Å². The van der Waals surface area contributed by atoms with Crippen LogP contribution in [0.25, 0.3) is 0 Å². The van der Waals surface area contributed by atoms with Gasteiger partial charge in [-0.05, 0) is 5.56 Å². The molecule has 0 saturated heterocycles. The summed E-state index contributed by atoms with van der Waals surface area (Å²) in [6.07, 6.45) is 0. The van der Waals surface area contributed by atoms with E-state index in [1.807, 2.05) is 30.3 Å². The van der Waals surface area contributed by atoms with Crippen molar-refractivity contribution >= 4 is 0 Å². The first-order valence-corrected chi connectivity index (χ1v) is 2.58. The zero-order chi connectivity index (χ0) is 5.82. The van der Waals surface area contributed by atoms with E-state index in [0.29, 0.717) is 0 Å². The molecular formula is C8H8O. The van der Waals surface area contributed by atoms with Gasteiger partial charge in [0.05, 0.1) is 6.61 Å². The van der Waals surface area contributed by atoms with Crippen molar-refractivity contribution in [2.45, 2.75) is 6.61 Å². The van der Waals surface area contributed by atoms with Gasteiger partial charge in [-0.2, -0.15) is 0 Å². The standard InChI is InChI=1S/C7H8O.C/c8-6-7-4-2-1-3-5-7;/h1-5,8H,6H2;. The van der Waals surface area contributed by atoms with Crippen molar-refractivity contribution in [1.29, 1.82) is 0 Å². The highest BCUT2D eigenvalue weighted by Crippen LogP contribution is 1.95. The summed E-state index contributed by atoms with van der Waals surface area (Å²) in [5.74, 6) is 0. The Morgan fingerprint density at radius 1 is 1.11 bits per heavy atom. The number of hydrogen-bond donors (Lipinski definition) is 1. The molecule has 1 heteroatoms. The van der Waals surface area contributed by atoms with E-state index in [9.17, 15) is 0 Å². The minimum Gasteiger partial charge on any atom is -0.392 e. The summed E-state index contributed by atoms with van der Waals surface area (Å²) in [7, 11) is 0. The molecule has 0 amide bonds. The summed E-state index contributed by atoms with van der Waals surface area (Å²) < 4.78 is 0. The lowest BCUT2D eigenvalue weighted by Gasteiger charge is -1.89. The maximum absolute atomic E-state index is 8.54. The van der Waals surface area contributed by atoms with Crippen LogP contribution in [0.5, 0.6) is 0 Å². The Bertz CT molecular complexity index is 146. The number of aliphatic hydroxyl groups is 1. The smallest absolute Gasteiger partial charge is 0.0681 e. The summed E-state index contributed by atoms with van der Waals surface area (Å²) in [6, 6.07) is 9.52. The van der Waals surface area contributed by atoms with Gasteiger partial charge in [-0.25, -0.2) is 0 Å². The summed E-state index contributed by atoms with van der Waals surface area (Å²) in [4.78, 5) is 0. The van der Waals surface area contributed by atoms with Crippen molar-refractivity contribution in [1.82, 2.24) is 0 Å². The van der Waals surface area contributed by atoms with Gasteiger partial charge in [0, 0.05) is 7.43 Å². The average Bonchev–Trinajstić information content (AvgIpc) is 1.90. The maximum Gasteiger partial charge on any atom is 0.0681 e. The van der Waals surface area contributed by atoms with Crippen molar-refractivity contribution in [2.24, 2.45) is 0 Å². The topological polar surface area (TPSA) is 20.2 Å². The van der Waals surface area contributed by atoms with E-state index in [1.165, 1.54) is 0 Å². The molecule has 0 bridgehead atoms. The summed E-state index contributed by atoms with van der Waals surface area (Å²) >= 11 is 0. The van der Waals surface area contributed by atoms with Crippen molar-refractivity contribution in [2.75, 3.05) is 0 Å². The third-order valence-corrected chi connectivity index (χ3v) is 1.03. The van der Waals surface area contributed by atoms with E-state index >= 15 is 0 Å². The first-order chi connectivity index (χ1) is 3.93. The van der Waals surface area contributed by atoms with Crippen LogP contribution in [0, 0.1) is 7.43 Å². The van der Waals surface area contributed by atoms with Gasteiger partial charge in [0.2, 0.25) is 0 Å². The molecule has 0 fully saturated rings. The van der Waals surface area contributed by atoms with E-state index in [-0.39, 0.29) is 14.0 Å². The molecule has 0 heterocycles. The second-order valence-corrected chi connectivity index (χ2v) is 1.64. The predicted octanol–water partition coefficient (Wildman–Crippen LogP) is 1.26. The molecule has 1 N–H and O–H groups in total. The van der Waals surface area contributed by atoms with Crippen LogP contribution in [0.4, 0.5) is 0 Å². The van der Waals surface area contributed by atoms with E-state index < -0.39 is 0 Å². The van der Waals surface area contributed by atoms with E-state index in [1.54, 1.807) is 0 Å². The molecule has 0 aliphatic carbocycles. The summed E-state index contributed by atoms with van der Waals surface area (Å²) in [5, 5.41) is 8.54. The largest absolute Gasteiger partial charge is 0.392 e. The molecule has 1 aromatic carbocycles. The van der Waals surface area contributed by atoms with Crippen LogP contribution in [0.1, 0.15) is 5.56 Å². The fourth-order valence-corrected chi connectivity index (χ4v) is 0.583. The molecule has 1 nitrogen and oxygen atoms in total. The van der Waals surface area contributed by atoms with E-state index in [0.717, 1.165) is 5.56 Å². The second-order valence-electron chi connectivity index (χ2n) is 1.64. The second kappa shape index (κ2) is 4.10. The van der Waals surface area contributed by atoms with Gasteiger partial charge in [0.1, 0.15) is 0 Å². The minimum absolute atomic E-state index is 0. The van der Waals surface area contributed by atoms with Gasteiger partial charge in [-0.1, -0.05) is 30.3 Å². The maximum atomic E-state index is 8.54. The summed E-state index contributed by atoms with van der Waals surface area (Å²) in [5.41, 5.74) is 0.965. The fraction of sp³-hybridized carbons (Fsp3) is 0.125. The lowest BCUT2D eigenvalue weighted by molar-refractivity contribution is 0.282. The number of hydrogen-bond acceptors (Lipinski definition) is 1. The van der Waals surface area contributed by atoms with Crippen LogP contribution < -0.4 is 0 Å². The molecule has 0 aliphatic rings. The Morgan fingerprint density at radius 3 is 2.00 bits per heavy atom. The molecule has 0 saturated carbocycles. The first kappa shape index (κ1) is 8.18. The Morgan fingerprint density at radius 2 is 1.67 bits per heavy atom. The molecule has 0 aromatic heterocycles. The number of benzene rings is 1. The van der Waals surface area contributed by atoms with Crippen molar-refractivity contribution in [3.05, 3.63) is 43.3 Å². The SMILES string of the molecule is OCc1ccccc1.[C]. The highest BCUT2D eigenvalue weighted by molar-refractivity contribution is 5.12. The lowest BCUT2D eigenvalue weighted by Crippen LogP contribution is -1.77. The third-order valence-electron chi connectivity index (χ3n) is 1.03. The Labute approximate surface area is 56.0 Å². The van der Waals surface area contributed by atoms with Crippen LogP contribution in [-0.4, -0.2) is 5.11 Å². The van der Waals surface area contributed by atoms with E-state index in [4.69, 9.17) is 5.11 Å². The Hall–Kier alpha value is -0.820. The summed E-state index contributed by atoms with van der Waals surface area (Å²) in [6.45, 7) is 0.140. The average molecular weight is 120 g/mol. The predicted molar refractivity (Wildman–Crippen MR) is 35.6 cm³/mol. The molecule has 4 radical (unpaired) electrons. The molecule has 0 atom stereocenters. The monoisotopic (exact) mass is 120 g/mol. The quantitative estimate of drug-likeness (QED) is 0.591. The van der Waals surface area contributed by atoms with Crippen molar-refractivity contribution in [3.8, 4) is 0 Å². The van der Waals surface area contributed by atoms with Gasteiger partial charge >= 0.3 is 0 Å². The van der Waals surface area contributed by atoms with Gasteiger partial charge in [-0.15, -0.1) is 0 Å². The molecule has 1 aromatic rings. The molecular weight excluding hydrogens is 112 g/mol. The molecule has 9 heavy (non-hydrogen) atoms. The van der Waals surface area contributed by atoms with Gasteiger partial charge in [0.15, 0.2) is 0 Å². The van der Waals surface area contributed by atoms with E-state index in [2.05, 4.69) is 0 Å². The first-order valence-electron chi connectivity index (χ1n) is 2.58. The zero-order valence-corrected chi connectivity index (χ0v) is 5.04. The Kier molecular flexibility index (Phi) is 3.72. The van der Waals surface area contributed by atoms with Crippen LogP contribution in [0.15, 0.2) is 30.3 Å². The molecule has 0 spiro atoms. The number of aliphatic hydroxyl groups excluding tert-OH is 1. The minimum atomic E-state index is 0. The van der Waals surface area contributed by atoms with Crippen LogP contribution in [0.3, 0.4) is 0 Å². The molecule has 0 aliphatic heterocycles. The molecule has 46 valence electrons. The van der Waals surface area contributed by atoms with Crippen LogP contribution >= 0.6 is 0 Å². The normalized spacial score (nSPS) is 8.11. The fourth-order valence-electron chi connectivity index (χ4n) is 0.583.